The van der Waals surface area contributed by atoms with E-state index in [1.165, 1.54) is 23.5 Å². The van der Waals surface area contributed by atoms with Crippen molar-refractivity contribution in [1.82, 2.24) is 14.9 Å². The summed E-state index contributed by atoms with van der Waals surface area (Å²) in [5, 5.41) is 11.9. The molecule has 1 heterocycles. The molecule has 25 heavy (non-hydrogen) atoms. The smallest absolute Gasteiger partial charge is 0.257 e. The van der Waals surface area contributed by atoms with Crippen LogP contribution in [0.2, 0.25) is 0 Å². The van der Waals surface area contributed by atoms with Gasteiger partial charge in [-0.1, -0.05) is 31.3 Å². The fourth-order valence-electron chi connectivity index (χ4n) is 2.20. The maximum absolute atomic E-state index is 12.4. The molecular formula is C16H20N4O3S2. The van der Waals surface area contributed by atoms with Crippen LogP contribution in [0.25, 0.3) is 0 Å². The number of carbonyl (C=O) groups excluding carboxylic acids is 1. The summed E-state index contributed by atoms with van der Waals surface area (Å²) < 4.78 is 27.1. The summed E-state index contributed by atoms with van der Waals surface area (Å²) in [7, 11) is -3.59. The Balaban J connectivity index is 1.72. The Bertz CT molecular complexity index is 873. The summed E-state index contributed by atoms with van der Waals surface area (Å²) in [5.41, 5.74) is 0.263. The number of aromatic nitrogens is 2. The van der Waals surface area contributed by atoms with Crippen LogP contribution >= 0.6 is 11.3 Å². The van der Waals surface area contributed by atoms with Gasteiger partial charge in [-0.05, 0) is 37.0 Å². The minimum atomic E-state index is -3.59. The van der Waals surface area contributed by atoms with Crippen molar-refractivity contribution in [2.75, 3.05) is 5.32 Å². The first kappa shape index (κ1) is 18.0. The highest BCUT2D eigenvalue weighted by molar-refractivity contribution is 7.89. The fourth-order valence-corrected chi connectivity index (χ4v) is 4.50. The largest absolute Gasteiger partial charge is 0.296 e. The molecule has 0 unspecified atom stereocenters. The molecule has 0 saturated heterocycles. The molecule has 7 nitrogen and oxygen atoms in total. The molecule has 0 radical (unpaired) electrons. The van der Waals surface area contributed by atoms with Crippen molar-refractivity contribution in [1.29, 1.82) is 0 Å². The molecule has 0 spiro atoms. The van der Waals surface area contributed by atoms with Crippen LogP contribution in [0.4, 0.5) is 5.13 Å². The Kier molecular flexibility index (Phi) is 5.16. The fraction of sp³-hybridized carbons (Fsp3) is 0.438. The van der Waals surface area contributed by atoms with E-state index in [0.717, 1.165) is 24.3 Å². The minimum absolute atomic E-state index is 0.0169. The molecular weight excluding hydrogens is 360 g/mol. The summed E-state index contributed by atoms with van der Waals surface area (Å²) in [6, 6.07) is 5.99. The second-order valence-corrected chi connectivity index (χ2v) is 9.25. The number of nitrogens with one attached hydrogen (secondary N) is 2. The first-order chi connectivity index (χ1) is 11.8. The van der Waals surface area contributed by atoms with Gasteiger partial charge in [0.1, 0.15) is 5.01 Å². The molecule has 0 aliphatic heterocycles. The summed E-state index contributed by atoms with van der Waals surface area (Å²) in [4.78, 5) is 12.5. The first-order valence-electron chi connectivity index (χ1n) is 8.09. The number of nitrogens with zero attached hydrogens (tertiary/aromatic N) is 2. The van der Waals surface area contributed by atoms with Crippen molar-refractivity contribution in [2.45, 2.75) is 44.0 Å². The van der Waals surface area contributed by atoms with Crippen molar-refractivity contribution in [3.8, 4) is 0 Å². The Morgan fingerprint density at radius 3 is 2.76 bits per heavy atom. The standard InChI is InChI=1S/C16H20N4O3S2/c1-10(2)8-14-18-19-16(24-14)17-15(21)11-4-3-5-13(9-11)25(22,23)20-12-6-7-12/h3-5,9-10,12,20H,6-8H2,1-2H3,(H,17,19,21). The zero-order valence-electron chi connectivity index (χ0n) is 14.0. The Labute approximate surface area is 150 Å². The summed E-state index contributed by atoms with van der Waals surface area (Å²) in [6.45, 7) is 4.17. The number of anilines is 1. The van der Waals surface area contributed by atoms with E-state index in [2.05, 4.69) is 34.1 Å². The van der Waals surface area contributed by atoms with Crippen molar-refractivity contribution in [3.05, 3.63) is 34.8 Å². The SMILES string of the molecule is CC(C)Cc1nnc(NC(=O)c2cccc(S(=O)(=O)NC3CC3)c2)s1. The second-order valence-electron chi connectivity index (χ2n) is 6.48. The molecule has 0 bridgehead atoms. The molecule has 1 aromatic heterocycles. The van der Waals surface area contributed by atoms with Gasteiger partial charge in [-0.2, -0.15) is 0 Å². The van der Waals surface area contributed by atoms with Crippen LogP contribution in [0.15, 0.2) is 29.2 Å². The zero-order valence-corrected chi connectivity index (χ0v) is 15.7. The van der Waals surface area contributed by atoms with Crippen LogP contribution in [-0.2, 0) is 16.4 Å². The topological polar surface area (TPSA) is 101 Å². The van der Waals surface area contributed by atoms with E-state index in [9.17, 15) is 13.2 Å². The average Bonchev–Trinajstić information content (AvgIpc) is 3.25. The van der Waals surface area contributed by atoms with Gasteiger partial charge in [-0.15, -0.1) is 10.2 Å². The van der Waals surface area contributed by atoms with Gasteiger partial charge in [-0.3, -0.25) is 10.1 Å². The maximum Gasteiger partial charge on any atom is 0.257 e. The lowest BCUT2D eigenvalue weighted by Gasteiger charge is -2.07. The molecule has 9 heteroatoms. The van der Waals surface area contributed by atoms with E-state index < -0.39 is 15.9 Å². The van der Waals surface area contributed by atoms with Crippen LogP contribution in [-0.4, -0.2) is 30.6 Å². The number of amides is 1. The number of sulfonamides is 1. The van der Waals surface area contributed by atoms with E-state index >= 15 is 0 Å². The van der Waals surface area contributed by atoms with Gasteiger partial charge in [0.2, 0.25) is 15.2 Å². The highest BCUT2D eigenvalue weighted by atomic mass is 32.2. The van der Waals surface area contributed by atoms with Crippen LogP contribution in [0.5, 0.6) is 0 Å². The highest BCUT2D eigenvalue weighted by Gasteiger charge is 2.28. The maximum atomic E-state index is 12.4. The number of rotatable bonds is 7. The Hall–Kier alpha value is -1.84. The summed E-state index contributed by atoms with van der Waals surface area (Å²) in [5.74, 6) is 0.0491. The average molecular weight is 380 g/mol. The minimum Gasteiger partial charge on any atom is -0.296 e. The molecule has 1 fully saturated rings. The lowest BCUT2D eigenvalue weighted by molar-refractivity contribution is 0.102. The second kappa shape index (κ2) is 7.19. The van der Waals surface area contributed by atoms with E-state index in [1.807, 2.05) is 0 Å². The van der Waals surface area contributed by atoms with Crippen LogP contribution in [0.1, 0.15) is 42.1 Å². The van der Waals surface area contributed by atoms with E-state index in [4.69, 9.17) is 0 Å². The predicted octanol–water partition coefficient (Wildman–Crippen LogP) is 2.43. The van der Waals surface area contributed by atoms with Gasteiger partial charge >= 0.3 is 0 Å². The van der Waals surface area contributed by atoms with Crippen LogP contribution in [0, 0.1) is 5.92 Å². The third kappa shape index (κ3) is 4.83. The molecule has 3 rings (SSSR count). The lowest BCUT2D eigenvalue weighted by atomic mass is 10.1. The monoisotopic (exact) mass is 380 g/mol. The van der Waals surface area contributed by atoms with Gasteiger partial charge in [0, 0.05) is 18.0 Å². The Morgan fingerprint density at radius 1 is 1.32 bits per heavy atom. The number of carbonyl (C=O) groups is 1. The third-order valence-corrected chi connectivity index (χ3v) is 5.96. The van der Waals surface area contributed by atoms with Crippen LogP contribution in [0.3, 0.4) is 0 Å². The van der Waals surface area contributed by atoms with Gasteiger partial charge in [0.05, 0.1) is 4.90 Å². The van der Waals surface area contributed by atoms with Crippen molar-refractivity contribution < 1.29 is 13.2 Å². The van der Waals surface area contributed by atoms with Crippen molar-refractivity contribution >= 4 is 32.4 Å². The number of benzene rings is 1. The quantitative estimate of drug-likeness (QED) is 0.768. The third-order valence-electron chi connectivity index (χ3n) is 3.58. The zero-order chi connectivity index (χ0) is 18.0. The van der Waals surface area contributed by atoms with Crippen molar-refractivity contribution in [2.24, 2.45) is 5.92 Å². The van der Waals surface area contributed by atoms with E-state index in [-0.39, 0.29) is 16.5 Å². The lowest BCUT2D eigenvalue weighted by Crippen LogP contribution is -2.26. The predicted molar refractivity (Wildman–Crippen MR) is 96.2 cm³/mol. The Morgan fingerprint density at radius 2 is 2.08 bits per heavy atom. The number of hydrogen-bond donors (Lipinski definition) is 2. The molecule has 1 aromatic carbocycles. The summed E-state index contributed by atoms with van der Waals surface area (Å²) in [6.07, 6.45) is 2.51. The van der Waals surface area contributed by atoms with Gasteiger partial charge in [-0.25, -0.2) is 13.1 Å². The van der Waals surface area contributed by atoms with E-state index in [1.54, 1.807) is 12.1 Å². The highest BCUT2D eigenvalue weighted by Crippen LogP contribution is 2.23. The van der Waals surface area contributed by atoms with Gasteiger partial charge in [0.25, 0.3) is 5.91 Å². The molecule has 1 aliphatic rings. The first-order valence-corrected chi connectivity index (χ1v) is 10.4. The molecule has 2 aromatic rings. The molecule has 1 amide bonds. The number of hydrogen-bond acceptors (Lipinski definition) is 6. The molecule has 1 aliphatic carbocycles. The summed E-state index contributed by atoms with van der Waals surface area (Å²) >= 11 is 1.33. The molecule has 0 atom stereocenters. The molecule has 134 valence electrons. The van der Waals surface area contributed by atoms with Gasteiger partial charge < -0.3 is 0 Å². The molecule has 2 N–H and O–H groups in total. The molecule has 1 saturated carbocycles. The van der Waals surface area contributed by atoms with E-state index in [0.29, 0.717) is 11.0 Å². The van der Waals surface area contributed by atoms with Crippen LogP contribution < -0.4 is 10.0 Å². The normalized spacial score (nSPS) is 14.7. The van der Waals surface area contributed by atoms with Crippen molar-refractivity contribution in [3.63, 3.8) is 0 Å². The van der Waals surface area contributed by atoms with Gasteiger partial charge in [0.15, 0.2) is 0 Å².